The predicted molar refractivity (Wildman–Crippen MR) is 62.5 cm³/mol. The molecule has 90 valence electrons. The second kappa shape index (κ2) is 11.2. The fourth-order valence-electron chi connectivity index (χ4n) is 0.820. The normalized spacial score (nSPS) is 11.0. The number of unbranched alkanes of at least 4 members (excludes halogenated alkanes) is 1. The summed E-state index contributed by atoms with van der Waals surface area (Å²) in [5, 5.41) is 2.53. The molecule has 0 rings (SSSR count). The van der Waals surface area contributed by atoms with E-state index in [1.807, 2.05) is 20.8 Å². The first-order valence-corrected chi connectivity index (χ1v) is 5.71. The van der Waals surface area contributed by atoms with Crippen molar-refractivity contribution in [2.24, 2.45) is 5.73 Å². The van der Waals surface area contributed by atoms with Crippen LogP contribution in [0.2, 0.25) is 0 Å². The minimum atomic E-state index is -0.651. The Morgan fingerprint density at radius 2 is 1.80 bits per heavy atom. The van der Waals surface area contributed by atoms with Gasteiger partial charge in [0.2, 0.25) is 5.78 Å². The highest BCUT2D eigenvalue weighted by Gasteiger charge is 2.19. The average molecular weight is 216 g/mol. The molecule has 0 fully saturated rings. The smallest absolute Gasteiger partial charge is 0.289 e. The van der Waals surface area contributed by atoms with E-state index in [1.54, 1.807) is 6.92 Å². The van der Waals surface area contributed by atoms with E-state index in [1.165, 1.54) is 0 Å². The van der Waals surface area contributed by atoms with Gasteiger partial charge in [-0.2, -0.15) is 0 Å². The third-order valence-electron chi connectivity index (χ3n) is 1.82. The van der Waals surface area contributed by atoms with E-state index >= 15 is 0 Å². The van der Waals surface area contributed by atoms with Crippen LogP contribution >= 0.6 is 0 Å². The van der Waals surface area contributed by atoms with Crippen LogP contribution < -0.4 is 11.1 Å². The number of ketones is 1. The minimum Gasteiger partial charge on any atom is -0.349 e. The topological polar surface area (TPSA) is 72.2 Å². The lowest BCUT2D eigenvalue weighted by molar-refractivity contribution is -0.138. The van der Waals surface area contributed by atoms with Crippen molar-refractivity contribution < 1.29 is 9.59 Å². The van der Waals surface area contributed by atoms with E-state index in [9.17, 15) is 9.59 Å². The van der Waals surface area contributed by atoms with Crippen molar-refractivity contribution in [1.82, 2.24) is 5.32 Å². The van der Waals surface area contributed by atoms with Gasteiger partial charge in [0.15, 0.2) is 0 Å². The van der Waals surface area contributed by atoms with Gasteiger partial charge < -0.3 is 11.1 Å². The van der Waals surface area contributed by atoms with Gasteiger partial charge in [-0.25, -0.2) is 0 Å². The fourth-order valence-corrected chi connectivity index (χ4v) is 0.820. The fraction of sp³-hybridized carbons (Fsp3) is 0.818. The van der Waals surface area contributed by atoms with E-state index in [2.05, 4.69) is 5.32 Å². The monoisotopic (exact) mass is 216 g/mol. The SMILES string of the molecule is CC.CCCCNC(=O)C(=O)C(N)CC. The van der Waals surface area contributed by atoms with Crippen molar-refractivity contribution in [3.8, 4) is 0 Å². The van der Waals surface area contributed by atoms with Crippen LogP contribution in [0.15, 0.2) is 0 Å². The van der Waals surface area contributed by atoms with E-state index < -0.39 is 17.7 Å². The van der Waals surface area contributed by atoms with Crippen molar-refractivity contribution in [3.63, 3.8) is 0 Å². The zero-order chi connectivity index (χ0) is 12.3. The summed E-state index contributed by atoms with van der Waals surface area (Å²) in [5.74, 6) is -1.07. The molecule has 1 atom stereocenters. The van der Waals surface area contributed by atoms with Crippen LogP contribution in [0.25, 0.3) is 0 Å². The molecule has 3 N–H and O–H groups in total. The van der Waals surface area contributed by atoms with Crippen LogP contribution in [-0.2, 0) is 9.59 Å². The number of hydrogen-bond donors (Lipinski definition) is 2. The van der Waals surface area contributed by atoms with Crippen molar-refractivity contribution in [2.45, 2.75) is 53.0 Å². The zero-order valence-corrected chi connectivity index (χ0v) is 10.3. The first-order valence-electron chi connectivity index (χ1n) is 5.71. The van der Waals surface area contributed by atoms with Crippen LogP contribution in [-0.4, -0.2) is 24.3 Å². The van der Waals surface area contributed by atoms with Gasteiger partial charge in [0.1, 0.15) is 0 Å². The summed E-state index contributed by atoms with van der Waals surface area (Å²) in [6.07, 6.45) is 2.38. The minimum absolute atomic E-state index is 0.500. The van der Waals surface area contributed by atoms with Crippen LogP contribution in [0.5, 0.6) is 0 Å². The van der Waals surface area contributed by atoms with Gasteiger partial charge in [-0.15, -0.1) is 0 Å². The Morgan fingerprint density at radius 1 is 1.27 bits per heavy atom. The molecule has 0 saturated heterocycles. The molecule has 0 aromatic heterocycles. The molecule has 4 heteroatoms. The number of amides is 1. The number of carbonyl (C=O) groups excluding carboxylic acids is 2. The Kier molecular flexibility index (Phi) is 12.3. The first kappa shape index (κ1) is 16.5. The number of rotatable bonds is 6. The Balaban J connectivity index is 0. The summed E-state index contributed by atoms with van der Waals surface area (Å²) in [5.41, 5.74) is 5.41. The molecule has 4 nitrogen and oxygen atoms in total. The summed E-state index contributed by atoms with van der Waals surface area (Å²) in [7, 11) is 0. The van der Waals surface area contributed by atoms with Gasteiger partial charge in [-0.05, 0) is 12.8 Å². The number of Topliss-reactive ketones (excluding diaryl/α,β-unsaturated/α-hetero) is 1. The summed E-state index contributed by atoms with van der Waals surface area (Å²) >= 11 is 0. The molecule has 1 unspecified atom stereocenters. The Bertz CT molecular complexity index is 181. The maximum Gasteiger partial charge on any atom is 0.289 e. The van der Waals surface area contributed by atoms with E-state index in [4.69, 9.17) is 5.73 Å². The Morgan fingerprint density at radius 3 is 2.20 bits per heavy atom. The number of hydrogen-bond acceptors (Lipinski definition) is 3. The van der Waals surface area contributed by atoms with Gasteiger partial charge in [-0.3, -0.25) is 9.59 Å². The third-order valence-corrected chi connectivity index (χ3v) is 1.82. The molecule has 0 heterocycles. The summed E-state index contributed by atoms with van der Waals surface area (Å²) in [6, 6.07) is -0.651. The standard InChI is InChI=1S/C9H18N2O2.C2H6/c1-3-5-6-11-9(13)8(12)7(10)4-2;1-2/h7H,3-6,10H2,1-2H3,(H,11,13);1-2H3. The molecular weight excluding hydrogens is 192 g/mol. The summed E-state index contributed by atoms with van der Waals surface area (Å²) < 4.78 is 0. The molecule has 1 amide bonds. The Hall–Kier alpha value is -0.900. The molecule has 15 heavy (non-hydrogen) atoms. The van der Waals surface area contributed by atoms with Crippen molar-refractivity contribution >= 4 is 11.7 Å². The number of nitrogens with one attached hydrogen (secondary N) is 1. The molecular formula is C11H24N2O2. The largest absolute Gasteiger partial charge is 0.349 e. The predicted octanol–water partition coefficient (Wildman–Crippen LogP) is 1.24. The lowest BCUT2D eigenvalue weighted by Crippen LogP contribution is -2.42. The number of nitrogens with two attached hydrogens (primary N) is 1. The van der Waals surface area contributed by atoms with E-state index in [0.717, 1.165) is 12.8 Å². The van der Waals surface area contributed by atoms with Crippen molar-refractivity contribution in [2.75, 3.05) is 6.54 Å². The van der Waals surface area contributed by atoms with E-state index in [0.29, 0.717) is 13.0 Å². The zero-order valence-electron chi connectivity index (χ0n) is 10.3. The van der Waals surface area contributed by atoms with Crippen molar-refractivity contribution in [1.29, 1.82) is 0 Å². The van der Waals surface area contributed by atoms with Crippen LogP contribution in [0.4, 0.5) is 0 Å². The molecule has 0 bridgehead atoms. The third kappa shape index (κ3) is 8.12. The van der Waals surface area contributed by atoms with Gasteiger partial charge in [0.25, 0.3) is 5.91 Å². The van der Waals surface area contributed by atoms with E-state index in [-0.39, 0.29) is 0 Å². The van der Waals surface area contributed by atoms with Gasteiger partial charge in [0, 0.05) is 6.54 Å². The molecule has 0 aliphatic carbocycles. The lowest BCUT2D eigenvalue weighted by Gasteiger charge is -2.07. The molecule has 0 aliphatic heterocycles. The second-order valence-electron chi connectivity index (χ2n) is 2.99. The lowest BCUT2D eigenvalue weighted by atomic mass is 10.1. The quantitative estimate of drug-likeness (QED) is 0.518. The Labute approximate surface area is 92.6 Å². The highest BCUT2D eigenvalue weighted by Crippen LogP contribution is 1.89. The van der Waals surface area contributed by atoms with Gasteiger partial charge in [-0.1, -0.05) is 34.1 Å². The molecule has 0 aliphatic rings. The molecule has 0 radical (unpaired) electrons. The van der Waals surface area contributed by atoms with Crippen molar-refractivity contribution in [3.05, 3.63) is 0 Å². The number of carbonyl (C=O) groups is 2. The van der Waals surface area contributed by atoms with Crippen LogP contribution in [0.3, 0.4) is 0 Å². The van der Waals surface area contributed by atoms with Crippen LogP contribution in [0.1, 0.15) is 47.0 Å². The second-order valence-corrected chi connectivity index (χ2v) is 2.99. The van der Waals surface area contributed by atoms with Gasteiger partial charge >= 0.3 is 0 Å². The highest BCUT2D eigenvalue weighted by atomic mass is 16.2. The van der Waals surface area contributed by atoms with Gasteiger partial charge in [0.05, 0.1) is 6.04 Å². The summed E-state index contributed by atoms with van der Waals surface area (Å²) in [4.78, 5) is 22.2. The van der Waals surface area contributed by atoms with Crippen LogP contribution in [0, 0.1) is 0 Å². The molecule has 0 saturated carbocycles. The maximum atomic E-state index is 11.1. The molecule has 0 aromatic carbocycles. The maximum absolute atomic E-state index is 11.1. The average Bonchev–Trinajstić information content (AvgIpc) is 2.29. The highest BCUT2D eigenvalue weighted by molar-refractivity contribution is 6.38. The first-order chi connectivity index (χ1) is 7.13. The summed E-state index contributed by atoms with van der Waals surface area (Å²) in [6.45, 7) is 8.35. The molecule has 0 spiro atoms. The molecule has 0 aromatic rings.